The third-order valence-electron chi connectivity index (χ3n) is 18.1. The van der Waals surface area contributed by atoms with Crippen molar-refractivity contribution in [3.63, 3.8) is 0 Å². The maximum atomic E-state index is 12.4. The van der Waals surface area contributed by atoms with Crippen LogP contribution in [0, 0.1) is 0 Å². The van der Waals surface area contributed by atoms with Crippen molar-refractivity contribution in [1.29, 1.82) is 0 Å². The zero-order valence-corrected chi connectivity index (χ0v) is 58.4. The highest BCUT2D eigenvalue weighted by Gasteiger charge is 2.16. The molecule has 0 aliphatic heterocycles. The number of carbonyl (C=O) groups excluding carboxylic acids is 2. The molecule has 0 spiro atoms. The Bertz CT molecular complexity index is 1410. The lowest BCUT2D eigenvalue weighted by Gasteiger charge is -2.15. The molecule has 0 amide bonds. The maximum absolute atomic E-state index is 12.4. The fraction of sp³-hybridized carbons (Fsp3) is 0.877. The first-order chi connectivity index (χ1) is 42.6. The number of ether oxygens (including phenoxy) is 2. The Morgan fingerprint density at radius 3 is 0.756 bits per heavy atom. The van der Waals surface area contributed by atoms with Gasteiger partial charge in [0, 0.05) is 12.8 Å². The molecule has 0 aromatic carbocycles. The third kappa shape index (κ3) is 74.3. The molecule has 0 aromatic heterocycles. The predicted octanol–water partition coefficient (Wildman–Crippen LogP) is 27.4. The summed E-state index contributed by atoms with van der Waals surface area (Å²) in [5.41, 5.74) is 0. The van der Waals surface area contributed by atoms with Crippen LogP contribution in [-0.4, -0.2) is 36.4 Å². The molecule has 0 heterocycles. The standard InChI is InChI=1S/C81H152O5/c1-3-5-7-9-11-13-15-17-19-21-23-25-27-29-31-33-35-37-38-39-40-41-42-44-45-47-49-51-53-55-57-59-61-63-65-67-69-71-73-75-80(83)85-78-79(77-82)86-81(84)76-74-72-70-68-66-64-62-60-58-56-54-52-50-48-46-43-36-34-32-30-28-26-24-22-20-18-16-14-12-10-8-6-4-2/h6,8,12,14,18,20,24,26,79,82H,3-5,7,9-11,13,15-17,19,21-23,25,27-78H2,1-2H3/b8-6-,14-12-,20-18-,26-24-. The van der Waals surface area contributed by atoms with Gasteiger partial charge in [-0.3, -0.25) is 9.59 Å². The SMILES string of the molecule is CC/C=C\C/C=C\C/C=C\C/C=C\CCCCCCCCCCCCCCCCCCCCCCC(=O)OC(CO)COC(=O)CCCCCCCCCCCCCCCCCCCCCCCCCCCCCCCCCCCCCCCCC. The number of allylic oxidation sites excluding steroid dienone is 8. The van der Waals surface area contributed by atoms with Gasteiger partial charge in [0.1, 0.15) is 6.61 Å². The molecule has 1 atom stereocenters. The van der Waals surface area contributed by atoms with Crippen LogP contribution in [0.25, 0.3) is 0 Å². The van der Waals surface area contributed by atoms with Crippen molar-refractivity contribution in [1.82, 2.24) is 0 Å². The minimum absolute atomic E-state index is 0.0591. The zero-order chi connectivity index (χ0) is 61.9. The Morgan fingerprint density at radius 1 is 0.279 bits per heavy atom. The molecule has 0 saturated carbocycles. The number of unbranched alkanes of at least 4 members (excludes halogenated alkanes) is 58. The van der Waals surface area contributed by atoms with E-state index in [4.69, 9.17) is 9.47 Å². The van der Waals surface area contributed by atoms with Crippen LogP contribution >= 0.6 is 0 Å². The van der Waals surface area contributed by atoms with Gasteiger partial charge in [-0.25, -0.2) is 0 Å². The first-order valence-electron chi connectivity index (χ1n) is 39.2. The van der Waals surface area contributed by atoms with Gasteiger partial charge in [-0.1, -0.05) is 422 Å². The summed E-state index contributed by atoms with van der Waals surface area (Å²) in [6.07, 6.45) is 105. The third-order valence-corrected chi connectivity index (χ3v) is 18.1. The lowest BCUT2D eigenvalue weighted by atomic mass is 10.0. The summed E-state index contributed by atoms with van der Waals surface area (Å²) < 4.78 is 10.8. The van der Waals surface area contributed by atoms with E-state index < -0.39 is 6.10 Å². The molecule has 0 aliphatic carbocycles. The molecule has 0 saturated heterocycles. The van der Waals surface area contributed by atoms with E-state index in [1.165, 1.54) is 353 Å². The number of esters is 2. The number of carbonyl (C=O) groups is 2. The van der Waals surface area contributed by atoms with Crippen LogP contribution in [-0.2, 0) is 19.1 Å². The number of aliphatic hydroxyl groups is 1. The van der Waals surface area contributed by atoms with Crippen molar-refractivity contribution < 1.29 is 24.2 Å². The number of hydrogen-bond acceptors (Lipinski definition) is 5. The Balaban J connectivity index is 3.35. The molecule has 86 heavy (non-hydrogen) atoms. The number of aliphatic hydroxyl groups excluding tert-OH is 1. The molecular weight excluding hydrogens is 1050 g/mol. The minimum Gasteiger partial charge on any atom is -0.462 e. The number of hydrogen-bond donors (Lipinski definition) is 1. The predicted molar refractivity (Wildman–Crippen MR) is 381 cm³/mol. The molecule has 1 N–H and O–H groups in total. The summed E-state index contributed by atoms with van der Waals surface area (Å²) in [7, 11) is 0. The summed E-state index contributed by atoms with van der Waals surface area (Å²) >= 11 is 0. The minimum atomic E-state index is -0.771. The van der Waals surface area contributed by atoms with Gasteiger partial charge in [-0.2, -0.15) is 0 Å². The van der Waals surface area contributed by atoms with Crippen molar-refractivity contribution >= 4 is 11.9 Å². The Morgan fingerprint density at radius 2 is 0.500 bits per heavy atom. The monoisotopic (exact) mass is 1210 g/mol. The van der Waals surface area contributed by atoms with Gasteiger partial charge in [0.15, 0.2) is 6.10 Å². The molecule has 0 rings (SSSR count). The van der Waals surface area contributed by atoms with Crippen molar-refractivity contribution in [3.05, 3.63) is 48.6 Å². The second-order valence-corrected chi connectivity index (χ2v) is 26.8. The van der Waals surface area contributed by atoms with E-state index in [9.17, 15) is 14.7 Å². The van der Waals surface area contributed by atoms with Gasteiger partial charge in [-0.05, 0) is 51.4 Å². The van der Waals surface area contributed by atoms with Crippen LogP contribution in [0.3, 0.4) is 0 Å². The molecule has 5 nitrogen and oxygen atoms in total. The molecule has 506 valence electrons. The molecule has 0 aliphatic rings. The van der Waals surface area contributed by atoms with E-state index in [0.29, 0.717) is 12.8 Å². The normalized spacial score (nSPS) is 12.4. The van der Waals surface area contributed by atoms with E-state index in [1.54, 1.807) is 0 Å². The van der Waals surface area contributed by atoms with Gasteiger partial charge < -0.3 is 14.6 Å². The van der Waals surface area contributed by atoms with Gasteiger partial charge in [0.05, 0.1) is 6.61 Å². The maximum Gasteiger partial charge on any atom is 0.306 e. The van der Waals surface area contributed by atoms with Crippen molar-refractivity contribution in [2.75, 3.05) is 13.2 Å². The van der Waals surface area contributed by atoms with E-state index in [-0.39, 0.29) is 25.2 Å². The topological polar surface area (TPSA) is 72.8 Å². The molecule has 5 heteroatoms. The molecular formula is C81H152O5. The van der Waals surface area contributed by atoms with Crippen molar-refractivity contribution in [2.24, 2.45) is 0 Å². The Kier molecular flexibility index (Phi) is 75.2. The van der Waals surface area contributed by atoms with Crippen LogP contribution in [0.15, 0.2) is 48.6 Å². The fourth-order valence-electron chi connectivity index (χ4n) is 12.3. The van der Waals surface area contributed by atoms with Crippen LogP contribution < -0.4 is 0 Å². The molecule has 0 bridgehead atoms. The summed E-state index contributed by atoms with van der Waals surface area (Å²) in [6.45, 7) is 4.10. The fourth-order valence-corrected chi connectivity index (χ4v) is 12.3. The van der Waals surface area contributed by atoms with Crippen LogP contribution in [0.2, 0.25) is 0 Å². The van der Waals surface area contributed by atoms with Crippen LogP contribution in [0.1, 0.15) is 438 Å². The molecule has 0 radical (unpaired) electrons. The van der Waals surface area contributed by atoms with Gasteiger partial charge >= 0.3 is 11.9 Å². The molecule has 0 aromatic rings. The summed E-state index contributed by atoms with van der Waals surface area (Å²) in [6, 6.07) is 0. The van der Waals surface area contributed by atoms with Crippen LogP contribution in [0.5, 0.6) is 0 Å². The smallest absolute Gasteiger partial charge is 0.306 e. The number of rotatable bonds is 74. The van der Waals surface area contributed by atoms with Gasteiger partial charge in [-0.15, -0.1) is 0 Å². The second-order valence-electron chi connectivity index (χ2n) is 26.8. The second kappa shape index (κ2) is 77.1. The lowest BCUT2D eigenvalue weighted by molar-refractivity contribution is -0.161. The van der Waals surface area contributed by atoms with E-state index >= 15 is 0 Å². The Hall–Kier alpha value is -2.14. The van der Waals surface area contributed by atoms with Gasteiger partial charge in [0.25, 0.3) is 0 Å². The van der Waals surface area contributed by atoms with E-state index in [0.717, 1.165) is 57.8 Å². The highest BCUT2D eigenvalue weighted by atomic mass is 16.6. The highest BCUT2D eigenvalue weighted by molar-refractivity contribution is 5.70. The zero-order valence-electron chi connectivity index (χ0n) is 58.4. The summed E-state index contributed by atoms with van der Waals surface area (Å²) in [4.78, 5) is 24.7. The van der Waals surface area contributed by atoms with E-state index in [2.05, 4.69) is 62.5 Å². The first-order valence-corrected chi connectivity index (χ1v) is 39.2. The van der Waals surface area contributed by atoms with Crippen molar-refractivity contribution in [2.45, 2.75) is 444 Å². The lowest BCUT2D eigenvalue weighted by Crippen LogP contribution is -2.28. The Labute approximate surface area is 539 Å². The van der Waals surface area contributed by atoms with Crippen LogP contribution in [0.4, 0.5) is 0 Å². The average Bonchev–Trinajstić information content (AvgIpc) is 3.55. The first kappa shape index (κ1) is 83.9. The quantitative estimate of drug-likeness (QED) is 0.0373. The highest BCUT2D eigenvalue weighted by Crippen LogP contribution is 2.20. The van der Waals surface area contributed by atoms with Crippen molar-refractivity contribution in [3.8, 4) is 0 Å². The molecule has 1 unspecified atom stereocenters. The van der Waals surface area contributed by atoms with E-state index in [1.807, 2.05) is 0 Å². The largest absolute Gasteiger partial charge is 0.462 e. The van der Waals surface area contributed by atoms with Gasteiger partial charge in [0.2, 0.25) is 0 Å². The summed E-state index contributed by atoms with van der Waals surface area (Å²) in [5.74, 6) is -0.564. The molecule has 0 fully saturated rings. The average molecular weight is 1210 g/mol. The summed E-state index contributed by atoms with van der Waals surface area (Å²) in [5, 5.41) is 9.72.